The zero-order chi connectivity index (χ0) is 57.5. The van der Waals surface area contributed by atoms with Crippen LogP contribution in [-0.4, -0.2) is 9.13 Å². The van der Waals surface area contributed by atoms with Gasteiger partial charge in [-0.25, -0.2) is 0 Å². The maximum atomic E-state index is 2.44. The molecule has 0 spiro atoms. The number of aryl methyl sites for hydroxylation is 1. The molecule has 17 aromatic rings. The van der Waals surface area contributed by atoms with E-state index in [1.807, 2.05) is 0 Å². The molecule has 4 heteroatoms. The van der Waals surface area contributed by atoms with E-state index >= 15 is 0 Å². The largest absolute Gasteiger partial charge is 0.310 e. The Balaban J connectivity index is 0.847. The van der Waals surface area contributed by atoms with Crippen LogP contribution in [0.25, 0.3) is 120 Å². The molecule has 0 bridgehead atoms. The van der Waals surface area contributed by atoms with Gasteiger partial charge in [0.25, 0.3) is 0 Å². The van der Waals surface area contributed by atoms with Crippen LogP contribution in [0.5, 0.6) is 0 Å². The average molecular weight is 1110 g/mol. The van der Waals surface area contributed by atoms with Gasteiger partial charge in [0.05, 0.1) is 33.4 Å². The standard InChI is InChI=1S/C83H56N4/c1-55-46-49-72-75(52-55)83(69-41-21-39-65-63(69)37-23-45-77(65)85(57-26-8-3-9-27-57)61-48-51-81-74(54-61)67-33-17-19-43-79(67)87(81)59-30-12-5-13-31-59)71-35-15-14-34-70(71)82(72)68-40-20-38-64-62(68)36-22-44-76(64)84(56-24-6-2-7-25-56)60-47-50-80-73(53-60)66-32-16-18-42-78(66)86(80)58-28-10-4-11-29-58/h2-54H,1H3. The van der Waals surface area contributed by atoms with Crippen LogP contribution in [0, 0.1) is 6.92 Å². The fraction of sp³-hybridized carbons (Fsp3) is 0.0120. The third-order valence-corrected chi connectivity index (χ3v) is 17.9. The fourth-order valence-corrected chi connectivity index (χ4v) is 14.2. The predicted octanol–water partition coefficient (Wildman–Crippen LogP) is 23.1. The van der Waals surface area contributed by atoms with Crippen molar-refractivity contribution in [2.45, 2.75) is 6.92 Å². The highest BCUT2D eigenvalue weighted by atomic mass is 15.2. The molecule has 0 aliphatic heterocycles. The van der Waals surface area contributed by atoms with Gasteiger partial charge in [-0.1, -0.05) is 218 Å². The van der Waals surface area contributed by atoms with Crippen molar-refractivity contribution >= 4 is 121 Å². The quantitative estimate of drug-likeness (QED) is 0.127. The van der Waals surface area contributed by atoms with Gasteiger partial charge in [0.15, 0.2) is 0 Å². The summed E-state index contributed by atoms with van der Waals surface area (Å²) in [6.07, 6.45) is 0. The molecule has 15 aromatic carbocycles. The highest BCUT2D eigenvalue weighted by molar-refractivity contribution is 6.26. The van der Waals surface area contributed by atoms with E-state index in [0.717, 1.165) is 45.5 Å². The lowest BCUT2D eigenvalue weighted by atomic mass is 9.83. The average Bonchev–Trinajstić information content (AvgIpc) is 1.44. The number of anilines is 6. The molecule has 0 amide bonds. The molecular weight excluding hydrogens is 1050 g/mol. The molecule has 0 N–H and O–H groups in total. The Morgan fingerprint density at radius 3 is 1.05 bits per heavy atom. The molecule has 408 valence electrons. The third-order valence-electron chi connectivity index (χ3n) is 17.9. The number of nitrogens with zero attached hydrogens (tertiary/aromatic N) is 4. The lowest BCUT2D eigenvalue weighted by Crippen LogP contribution is -2.10. The van der Waals surface area contributed by atoms with Crippen LogP contribution >= 0.6 is 0 Å². The summed E-state index contributed by atoms with van der Waals surface area (Å²) in [7, 11) is 0. The van der Waals surface area contributed by atoms with Crippen LogP contribution in [0.15, 0.2) is 322 Å². The Hall–Kier alpha value is -11.5. The van der Waals surface area contributed by atoms with Gasteiger partial charge in [-0.15, -0.1) is 0 Å². The minimum Gasteiger partial charge on any atom is -0.310 e. The van der Waals surface area contributed by atoms with Crippen LogP contribution in [0.3, 0.4) is 0 Å². The fourth-order valence-electron chi connectivity index (χ4n) is 14.2. The van der Waals surface area contributed by atoms with E-state index in [1.165, 1.54) is 115 Å². The SMILES string of the molecule is Cc1ccc2c(-c3cccc4c(N(c5ccccc5)c5ccc6c(c5)c5ccccc5n6-c5ccccc5)cccc34)c3ccccc3c(-c3cccc4c(N(c5ccccc5)c5ccc6c(c5)c5ccccc5n6-c5ccccc5)cccc34)c2c1. The summed E-state index contributed by atoms with van der Waals surface area (Å²) in [5.41, 5.74) is 19.7. The number of para-hydroxylation sites is 6. The summed E-state index contributed by atoms with van der Waals surface area (Å²) in [5, 5.41) is 14.5. The molecule has 0 unspecified atom stereocenters. The summed E-state index contributed by atoms with van der Waals surface area (Å²) >= 11 is 0. The van der Waals surface area contributed by atoms with Crippen molar-refractivity contribution in [2.75, 3.05) is 9.80 Å². The number of fused-ring (bicyclic) bond motifs is 10. The van der Waals surface area contributed by atoms with E-state index in [4.69, 9.17) is 0 Å². The number of hydrogen-bond donors (Lipinski definition) is 0. The van der Waals surface area contributed by atoms with Crippen molar-refractivity contribution in [3.63, 3.8) is 0 Å². The van der Waals surface area contributed by atoms with Crippen LogP contribution in [0.4, 0.5) is 34.1 Å². The van der Waals surface area contributed by atoms with Crippen LogP contribution in [0.2, 0.25) is 0 Å². The number of benzene rings is 15. The first-order chi connectivity index (χ1) is 43.1. The molecule has 17 rings (SSSR count). The molecule has 0 saturated heterocycles. The number of hydrogen-bond acceptors (Lipinski definition) is 2. The molecule has 0 aliphatic rings. The highest BCUT2D eigenvalue weighted by Gasteiger charge is 2.25. The lowest BCUT2D eigenvalue weighted by Gasteiger charge is -2.28. The van der Waals surface area contributed by atoms with Crippen molar-refractivity contribution < 1.29 is 0 Å². The van der Waals surface area contributed by atoms with Crippen molar-refractivity contribution in [3.05, 3.63) is 327 Å². The molecule has 0 saturated carbocycles. The molecule has 87 heavy (non-hydrogen) atoms. The van der Waals surface area contributed by atoms with Crippen LogP contribution < -0.4 is 9.80 Å². The zero-order valence-electron chi connectivity index (χ0n) is 47.9. The van der Waals surface area contributed by atoms with E-state index in [2.05, 4.69) is 347 Å². The maximum Gasteiger partial charge on any atom is 0.0542 e. The van der Waals surface area contributed by atoms with Gasteiger partial charge in [0.1, 0.15) is 0 Å². The summed E-state index contributed by atoms with van der Waals surface area (Å²) in [4.78, 5) is 4.89. The van der Waals surface area contributed by atoms with Gasteiger partial charge in [-0.05, 0) is 171 Å². The van der Waals surface area contributed by atoms with Crippen LogP contribution in [-0.2, 0) is 0 Å². The van der Waals surface area contributed by atoms with Crippen molar-refractivity contribution in [3.8, 4) is 33.6 Å². The molecule has 2 heterocycles. The van der Waals surface area contributed by atoms with Crippen molar-refractivity contribution in [2.24, 2.45) is 0 Å². The smallest absolute Gasteiger partial charge is 0.0542 e. The predicted molar refractivity (Wildman–Crippen MR) is 370 cm³/mol. The second-order valence-corrected chi connectivity index (χ2v) is 22.8. The van der Waals surface area contributed by atoms with Gasteiger partial charge in [-0.2, -0.15) is 0 Å². The van der Waals surface area contributed by atoms with E-state index in [0.29, 0.717) is 0 Å². The van der Waals surface area contributed by atoms with Crippen molar-refractivity contribution in [1.29, 1.82) is 0 Å². The molecule has 4 nitrogen and oxygen atoms in total. The maximum absolute atomic E-state index is 2.44. The van der Waals surface area contributed by atoms with Crippen molar-refractivity contribution in [1.82, 2.24) is 9.13 Å². The zero-order valence-corrected chi connectivity index (χ0v) is 47.9. The van der Waals surface area contributed by atoms with Gasteiger partial charge in [0, 0.05) is 66.4 Å². The Kier molecular flexibility index (Phi) is 11.8. The van der Waals surface area contributed by atoms with Gasteiger partial charge < -0.3 is 18.9 Å². The Bertz CT molecular complexity index is 5530. The van der Waals surface area contributed by atoms with E-state index < -0.39 is 0 Å². The number of rotatable bonds is 10. The third kappa shape index (κ3) is 8.06. The monoisotopic (exact) mass is 1110 g/mol. The van der Waals surface area contributed by atoms with E-state index in [1.54, 1.807) is 0 Å². The second-order valence-electron chi connectivity index (χ2n) is 22.8. The van der Waals surface area contributed by atoms with Crippen LogP contribution in [0.1, 0.15) is 5.56 Å². The summed E-state index contributed by atoms with van der Waals surface area (Å²) in [6.45, 7) is 2.23. The second kappa shape index (κ2) is 20.4. The molecule has 0 fully saturated rings. The summed E-state index contributed by atoms with van der Waals surface area (Å²) in [5.74, 6) is 0. The summed E-state index contributed by atoms with van der Waals surface area (Å²) < 4.78 is 4.78. The normalized spacial score (nSPS) is 11.7. The first kappa shape index (κ1) is 50.1. The first-order valence-electron chi connectivity index (χ1n) is 30.0. The van der Waals surface area contributed by atoms with E-state index in [-0.39, 0.29) is 0 Å². The lowest BCUT2D eigenvalue weighted by molar-refractivity contribution is 1.18. The minimum absolute atomic E-state index is 1.09. The highest BCUT2D eigenvalue weighted by Crippen LogP contribution is 2.51. The Morgan fingerprint density at radius 1 is 0.218 bits per heavy atom. The summed E-state index contributed by atoms with van der Waals surface area (Å²) in [6, 6.07) is 118. The Labute approximate surface area is 504 Å². The molecule has 0 aliphatic carbocycles. The minimum atomic E-state index is 1.09. The Morgan fingerprint density at radius 2 is 0.575 bits per heavy atom. The van der Waals surface area contributed by atoms with Gasteiger partial charge in [0.2, 0.25) is 0 Å². The first-order valence-corrected chi connectivity index (χ1v) is 30.0. The molecule has 0 radical (unpaired) electrons. The molecule has 2 aromatic heterocycles. The van der Waals surface area contributed by atoms with Gasteiger partial charge >= 0.3 is 0 Å². The molecular formula is C83H56N4. The molecule has 0 atom stereocenters. The van der Waals surface area contributed by atoms with E-state index in [9.17, 15) is 0 Å². The number of aromatic nitrogens is 2. The topological polar surface area (TPSA) is 16.3 Å². The van der Waals surface area contributed by atoms with Gasteiger partial charge in [-0.3, -0.25) is 0 Å².